The van der Waals surface area contributed by atoms with Gasteiger partial charge in [-0.15, -0.1) is 0 Å². The highest BCUT2D eigenvalue weighted by molar-refractivity contribution is 7.90. The van der Waals surface area contributed by atoms with Gasteiger partial charge in [0.15, 0.2) is 0 Å². The van der Waals surface area contributed by atoms with E-state index in [-0.39, 0.29) is 17.3 Å². The number of nitriles is 1. The van der Waals surface area contributed by atoms with Crippen LogP contribution < -0.4 is 14.9 Å². The van der Waals surface area contributed by atoms with E-state index in [1.807, 2.05) is 24.3 Å². The van der Waals surface area contributed by atoms with Crippen molar-refractivity contribution in [3.05, 3.63) is 54.1 Å². The van der Waals surface area contributed by atoms with E-state index in [1.54, 1.807) is 12.1 Å². The summed E-state index contributed by atoms with van der Waals surface area (Å²) in [7, 11) is -3.74. The Hall–Kier alpha value is -3.42. The van der Waals surface area contributed by atoms with Crippen molar-refractivity contribution in [2.75, 3.05) is 49.5 Å². The summed E-state index contributed by atoms with van der Waals surface area (Å²) < 4.78 is 27.8. The second-order valence-corrected chi connectivity index (χ2v) is 10.1. The van der Waals surface area contributed by atoms with Gasteiger partial charge < -0.3 is 10.2 Å². The highest BCUT2D eigenvalue weighted by atomic mass is 32.2. The molecular formula is C24H28N6O3S. The molecule has 0 spiro atoms. The molecule has 2 aromatic carbocycles. The second kappa shape index (κ2) is 10.7. The van der Waals surface area contributed by atoms with E-state index in [0.717, 1.165) is 44.7 Å². The van der Waals surface area contributed by atoms with E-state index in [0.29, 0.717) is 30.1 Å². The Morgan fingerprint density at radius 2 is 1.88 bits per heavy atom. The fourth-order valence-corrected chi connectivity index (χ4v) is 5.25. The Kier molecular flexibility index (Phi) is 7.45. The van der Waals surface area contributed by atoms with Crippen LogP contribution in [0.15, 0.2) is 58.4 Å². The van der Waals surface area contributed by atoms with Crippen LogP contribution in [0.5, 0.6) is 0 Å². The largest absolute Gasteiger partial charge is 0.370 e. The van der Waals surface area contributed by atoms with Gasteiger partial charge in [0.1, 0.15) is 5.84 Å². The van der Waals surface area contributed by atoms with Gasteiger partial charge in [-0.2, -0.15) is 5.26 Å². The van der Waals surface area contributed by atoms with Gasteiger partial charge in [0.25, 0.3) is 10.0 Å². The smallest absolute Gasteiger partial charge is 0.262 e. The highest BCUT2D eigenvalue weighted by Gasteiger charge is 2.20. The van der Waals surface area contributed by atoms with Crippen LogP contribution in [0.3, 0.4) is 0 Å². The van der Waals surface area contributed by atoms with Crippen LogP contribution in [0, 0.1) is 11.3 Å². The zero-order chi connectivity index (χ0) is 24.0. The van der Waals surface area contributed by atoms with Gasteiger partial charge in [0.2, 0.25) is 5.91 Å². The number of benzene rings is 2. The molecule has 34 heavy (non-hydrogen) atoms. The first-order valence-electron chi connectivity index (χ1n) is 11.4. The third-order valence-corrected chi connectivity index (χ3v) is 7.25. The van der Waals surface area contributed by atoms with E-state index >= 15 is 0 Å². The van der Waals surface area contributed by atoms with Gasteiger partial charge in [0, 0.05) is 50.5 Å². The van der Waals surface area contributed by atoms with E-state index < -0.39 is 10.0 Å². The molecule has 2 aromatic rings. The predicted octanol–water partition coefficient (Wildman–Crippen LogP) is 2.18. The third kappa shape index (κ3) is 6.12. The first kappa shape index (κ1) is 23.7. The molecule has 2 N–H and O–H groups in total. The standard InChI is InChI=1S/C24H28N6O3S/c25-17-19-7-9-21(10-8-19)30-13-3-12-29(14-15-30)18-24(31)27-20-4-1-5-22(16-20)34(32,33)28-23-6-2-11-26-23/h1,4-5,7-10,16H,2-3,6,11-15,18H2,(H,26,28)(H,27,31). The van der Waals surface area contributed by atoms with E-state index in [4.69, 9.17) is 5.26 Å². The number of anilines is 2. The van der Waals surface area contributed by atoms with E-state index in [2.05, 4.69) is 30.9 Å². The quantitative estimate of drug-likeness (QED) is 0.654. The topological polar surface area (TPSA) is 118 Å². The molecule has 0 saturated carbocycles. The highest BCUT2D eigenvalue weighted by Crippen LogP contribution is 2.19. The maximum atomic E-state index is 12.7. The van der Waals surface area contributed by atoms with Crippen LogP contribution in [0.4, 0.5) is 11.4 Å². The Balaban J connectivity index is 1.32. The average Bonchev–Trinajstić information content (AvgIpc) is 3.22. The van der Waals surface area contributed by atoms with Crippen molar-refractivity contribution in [2.24, 2.45) is 4.99 Å². The SMILES string of the molecule is N#Cc1ccc(N2CCCN(CC(=O)Nc3cccc(S(=O)(=O)NC4=NCCC4)c3)CC2)cc1. The number of carbonyl (C=O) groups is 1. The van der Waals surface area contributed by atoms with Crippen molar-refractivity contribution in [1.29, 1.82) is 5.26 Å². The number of rotatable bonds is 6. The van der Waals surface area contributed by atoms with Crippen molar-refractivity contribution in [1.82, 2.24) is 9.62 Å². The van der Waals surface area contributed by atoms with Gasteiger partial charge in [-0.1, -0.05) is 6.07 Å². The summed E-state index contributed by atoms with van der Waals surface area (Å²) in [5.41, 5.74) is 2.15. The molecule has 1 fully saturated rings. The molecule has 0 unspecified atom stereocenters. The first-order valence-corrected chi connectivity index (χ1v) is 12.8. The summed E-state index contributed by atoms with van der Waals surface area (Å²) in [4.78, 5) is 21.3. The number of sulfonamides is 1. The lowest BCUT2D eigenvalue weighted by Crippen LogP contribution is -2.36. The summed E-state index contributed by atoms with van der Waals surface area (Å²) in [5, 5.41) is 11.8. The molecule has 0 aromatic heterocycles. The molecule has 2 aliphatic heterocycles. The Labute approximate surface area is 200 Å². The van der Waals surface area contributed by atoms with Crippen LogP contribution in [0.2, 0.25) is 0 Å². The normalized spacial score (nSPS) is 16.9. The summed E-state index contributed by atoms with van der Waals surface area (Å²) >= 11 is 0. The van der Waals surface area contributed by atoms with Crippen molar-refractivity contribution in [3.63, 3.8) is 0 Å². The number of nitrogens with zero attached hydrogens (tertiary/aromatic N) is 4. The first-order chi connectivity index (χ1) is 16.4. The average molecular weight is 481 g/mol. The summed E-state index contributed by atoms with van der Waals surface area (Å²) in [6.07, 6.45) is 2.38. The van der Waals surface area contributed by atoms with Gasteiger partial charge in [-0.25, -0.2) is 8.42 Å². The van der Waals surface area contributed by atoms with Gasteiger partial charge in [-0.05, 0) is 55.3 Å². The molecule has 0 atom stereocenters. The van der Waals surface area contributed by atoms with Gasteiger partial charge in [-0.3, -0.25) is 19.4 Å². The molecule has 1 saturated heterocycles. The van der Waals surface area contributed by atoms with Crippen LogP contribution >= 0.6 is 0 Å². The van der Waals surface area contributed by atoms with Gasteiger partial charge in [0.05, 0.1) is 23.1 Å². The molecule has 4 rings (SSSR count). The number of hydrogen-bond donors (Lipinski definition) is 2. The Bertz CT molecular complexity index is 1200. The fraction of sp³-hybridized carbons (Fsp3) is 0.375. The monoisotopic (exact) mass is 480 g/mol. The summed E-state index contributed by atoms with van der Waals surface area (Å²) in [6, 6.07) is 15.9. The summed E-state index contributed by atoms with van der Waals surface area (Å²) in [6.45, 7) is 4.04. The van der Waals surface area contributed by atoms with Crippen LogP contribution in [0.25, 0.3) is 0 Å². The number of carbonyl (C=O) groups excluding carboxylic acids is 1. The molecular weight excluding hydrogens is 452 g/mol. The van der Waals surface area contributed by atoms with Crippen molar-refractivity contribution in [2.45, 2.75) is 24.2 Å². The van der Waals surface area contributed by atoms with E-state index in [1.165, 1.54) is 12.1 Å². The predicted molar refractivity (Wildman–Crippen MR) is 131 cm³/mol. The van der Waals surface area contributed by atoms with Crippen molar-refractivity contribution < 1.29 is 13.2 Å². The number of amides is 1. The molecule has 2 heterocycles. The Morgan fingerprint density at radius 1 is 1.06 bits per heavy atom. The van der Waals surface area contributed by atoms with E-state index in [9.17, 15) is 13.2 Å². The molecule has 0 aliphatic carbocycles. The number of nitrogens with one attached hydrogen (secondary N) is 2. The zero-order valence-electron chi connectivity index (χ0n) is 18.9. The fourth-order valence-electron chi connectivity index (χ4n) is 4.12. The van der Waals surface area contributed by atoms with Crippen molar-refractivity contribution in [3.8, 4) is 6.07 Å². The van der Waals surface area contributed by atoms with Crippen molar-refractivity contribution >= 4 is 33.1 Å². The Morgan fingerprint density at radius 3 is 2.62 bits per heavy atom. The molecule has 2 aliphatic rings. The maximum absolute atomic E-state index is 12.7. The van der Waals surface area contributed by atoms with Crippen LogP contribution in [-0.2, 0) is 14.8 Å². The molecule has 0 radical (unpaired) electrons. The lowest BCUT2D eigenvalue weighted by molar-refractivity contribution is -0.117. The second-order valence-electron chi connectivity index (χ2n) is 8.39. The maximum Gasteiger partial charge on any atom is 0.262 e. The minimum Gasteiger partial charge on any atom is -0.370 e. The minimum atomic E-state index is -3.74. The van der Waals surface area contributed by atoms with Crippen LogP contribution in [0.1, 0.15) is 24.8 Å². The number of aliphatic imine (C=N–C) groups is 1. The third-order valence-electron chi connectivity index (χ3n) is 5.87. The molecule has 178 valence electrons. The molecule has 9 nitrogen and oxygen atoms in total. The summed E-state index contributed by atoms with van der Waals surface area (Å²) in [5.74, 6) is 0.292. The minimum absolute atomic E-state index is 0.0905. The lowest BCUT2D eigenvalue weighted by atomic mass is 10.2. The van der Waals surface area contributed by atoms with Gasteiger partial charge >= 0.3 is 0 Å². The molecule has 1 amide bonds. The molecule has 10 heteroatoms. The lowest BCUT2D eigenvalue weighted by Gasteiger charge is -2.23. The molecule has 0 bridgehead atoms. The number of hydrogen-bond acceptors (Lipinski definition) is 7. The van der Waals surface area contributed by atoms with Crippen LogP contribution in [-0.4, -0.2) is 64.3 Å². The zero-order valence-corrected chi connectivity index (χ0v) is 19.7. The number of amidine groups is 1.